The number of fused-ring (bicyclic) bond motifs is 1. The van der Waals surface area contributed by atoms with Gasteiger partial charge in [-0.2, -0.15) is 0 Å². The number of hydrogen-bond acceptors (Lipinski definition) is 8. The molecule has 0 bridgehead atoms. The van der Waals surface area contributed by atoms with Crippen LogP contribution in [0.25, 0.3) is 11.1 Å². The van der Waals surface area contributed by atoms with Crippen LogP contribution < -0.4 is 20.7 Å². The highest BCUT2D eigenvalue weighted by Crippen LogP contribution is 2.16. The second kappa shape index (κ2) is 7.37. The summed E-state index contributed by atoms with van der Waals surface area (Å²) in [6, 6.07) is 5.95. The summed E-state index contributed by atoms with van der Waals surface area (Å²) in [5.41, 5.74) is 0.630. The van der Waals surface area contributed by atoms with Gasteiger partial charge in [-0.25, -0.2) is 27.9 Å². The zero-order valence-electron chi connectivity index (χ0n) is 15.1. The highest BCUT2D eigenvalue weighted by atomic mass is 32.2. The number of nitrogens with zero attached hydrogens (tertiary/aromatic N) is 3. The van der Waals surface area contributed by atoms with Crippen LogP contribution in [0.5, 0.6) is 0 Å². The molecule has 1 aromatic carbocycles. The zero-order valence-corrected chi connectivity index (χ0v) is 15.9. The Balaban J connectivity index is 1.63. The summed E-state index contributed by atoms with van der Waals surface area (Å²) in [5.74, 6) is 1.36. The Morgan fingerprint density at radius 1 is 1.19 bits per heavy atom. The minimum atomic E-state index is -3.72. The second-order valence-electron chi connectivity index (χ2n) is 6.05. The van der Waals surface area contributed by atoms with Crippen LogP contribution in [0.2, 0.25) is 0 Å². The van der Waals surface area contributed by atoms with Crippen LogP contribution in [0.3, 0.4) is 0 Å². The molecule has 3 rings (SSSR count). The van der Waals surface area contributed by atoms with E-state index in [2.05, 4.69) is 25.0 Å². The molecule has 0 aliphatic heterocycles. The number of nitrogens with one attached hydrogen (secondary N) is 3. The minimum absolute atomic E-state index is 0.0415. The number of H-pyrrole nitrogens is 1. The van der Waals surface area contributed by atoms with E-state index in [1.54, 1.807) is 13.0 Å². The van der Waals surface area contributed by atoms with Crippen molar-refractivity contribution in [3.05, 3.63) is 40.6 Å². The summed E-state index contributed by atoms with van der Waals surface area (Å²) in [4.78, 5) is 24.1. The van der Waals surface area contributed by atoms with Crippen LogP contribution in [0, 0.1) is 6.92 Å². The molecule has 0 radical (unpaired) electrons. The van der Waals surface area contributed by atoms with Crippen molar-refractivity contribution in [3.8, 4) is 0 Å². The van der Waals surface area contributed by atoms with Crippen LogP contribution >= 0.6 is 0 Å². The standard InChI is InChI=1S/C16H20N6O4S/c1-10-19-14(9-15(20-10)22(2)3)17-6-7-18-27(24,25)11-4-5-13-12(8-11)21-16(23)26-13/h4-5,8-9,18H,6-7H2,1-3H3,(H,21,23)(H,17,19,20). The third kappa shape index (κ3) is 4.44. The van der Waals surface area contributed by atoms with E-state index in [-0.39, 0.29) is 11.4 Å². The predicted molar refractivity (Wildman–Crippen MR) is 102 cm³/mol. The van der Waals surface area contributed by atoms with Crippen molar-refractivity contribution in [2.75, 3.05) is 37.4 Å². The summed E-state index contributed by atoms with van der Waals surface area (Å²) in [7, 11) is 0.0361. The van der Waals surface area contributed by atoms with E-state index in [0.29, 0.717) is 29.3 Å². The average molecular weight is 392 g/mol. The van der Waals surface area contributed by atoms with E-state index in [1.807, 2.05) is 19.0 Å². The Bertz CT molecular complexity index is 1120. The Morgan fingerprint density at radius 3 is 2.70 bits per heavy atom. The quantitative estimate of drug-likeness (QED) is 0.500. The van der Waals surface area contributed by atoms with Gasteiger partial charge in [0.15, 0.2) is 5.58 Å². The fourth-order valence-electron chi connectivity index (χ4n) is 2.43. The molecule has 27 heavy (non-hydrogen) atoms. The molecule has 0 amide bonds. The van der Waals surface area contributed by atoms with Gasteiger partial charge in [-0.1, -0.05) is 0 Å². The van der Waals surface area contributed by atoms with Gasteiger partial charge in [0.1, 0.15) is 17.5 Å². The number of benzene rings is 1. The van der Waals surface area contributed by atoms with E-state index in [1.165, 1.54) is 18.2 Å². The average Bonchev–Trinajstić information content (AvgIpc) is 2.97. The summed E-state index contributed by atoms with van der Waals surface area (Å²) in [5, 5.41) is 3.07. The summed E-state index contributed by atoms with van der Waals surface area (Å²) >= 11 is 0. The molecular weight excluding hydrogens is 372 g/mol. The third-order valence-corrected chi connectivity index (χ3v) is 5.17. The molecule has 0 aliphatic carbocycles. The van der Waals surface area contributed by atoms with E-state index >= 15 is 0 Å². The lowest BCUT2D eigenvalue weighted by Crippen LogP contribution is -2.29. The van der Waals surface area contributed by atoms with Gasteiger partial charge in [0.05, 0.1) is 10.4 Å². The number of hydrogen-bond donors (Lipinski definition) is 3. The summed E-state index contributed by atoms with van der Waals surface area (Å²) in [6.07, 6.45) is 0. The summed E-state index contributed by atoms with van der Waals surface area (Å²) in [6.45, 7) is 2.28. The molecule has 3 N–H and O–H groups in total. The normalized spacial score (nSPS) is 11.7. The topological polar surface area (TPSA) is 133 Å². The number of oxazole rings is 1. The highest BCUT2D eigenvalue weighted by Gasteiger charge is 2.15. The van der Waals surface area contributed by atoms with Crippen LogP contribution in [0.15, 0.2) is 38.4 Å². The molecule has 3 aromatic rings. The first-order valence-electron chi connectivity index (χ1n) is 8.14. The monoisotopic (exact) mass is 392 g/mol. The SMILES string of the molecule is Cc1nc(NCCNS(=O)(=O)c2ccc3oc(=O)[nH]c3c2)cc(N(C)C)n1. The molecule has 11 heteroatoms. The molecule has 2 heterocycles. The van der Waals surface area contributed by atoms with Gasteiger partial charge in [0, 0.05) is 33.3 Å². The van der Waals surface area contributed by atoms with Gasteiger partial charge in [0.25, 0.3) is 0 Å². The van der Waals surface area contributed by atoms with E-state index in [4.69, 9.17) is 4.42 Å². The first-order chi connectivity index (χ1) is 12.7. The second-order valence-corrected chi connectivity index (χ2v) is 7.82. The Morgan fingerprint density at radius 2 is 1.96 bits per heavy atom. The summed E-state index contributed by atoms with van der Waals surface area (Å²) < 4.78 is 32.2. The lowest BCUT2D eigenvalue weighted by Gasteiger charge is -2.14. The van der Waals surface area contributed by atoms with Crippen molar-refractivity contribution in [1.29, 1.82) is 0 Å². The molecule has 0 saturated carbocycles. The molecule has 10 nitrogen and oxygen atoms in total. The Hall–Kier alpha value is -2.92. The lowest BCUT2D eigenvalue weighted by atomic mass is 10.3. The van der Waals surface area contributed by atoms with E-state index < -0.39 is 15.8 Å². The van der Waals surface area contributed by atoms with Crippen molar-refractivity contribution in [2.24, 2.45) is 0 Å². The van der Waals surface area contributed by atoms with Gasteiger partial charge in [-0.3, -0.25) is 4.98 Å². The number of aromatic nitrogens is 3. The minimum Gasteiger partial charge on any atom is -0.408 e. The number of rotatable bonds is 7. The van der Waals surface area contributed by atoms with Gasteiger partial charge in [-0.15, -0.1) is 0 Å². The van der Waals surface area contributed by atoms with Crippen molar-refractivity contribution in [3.63, 3.8) is 0 Å². The third-order valence-electron chi connectivity index (χ3n) is 3.71. The largest absolute Gasteiger partial charge is 0.417 e. The van der Waals surface area contributed by atoms with Gasteiger partial charge in [0.2, 0.25) is 10.0 Å². The molecule has 0 fully saturated rings. The van der Waals surface area contributed by atoms with Crippen LogP contribution in [0.4, 0.5) is 11.6 Å². The van der Waals surface area contributed by atoms with Gasteiger partial charge < -0.3 is 14.6 Å². The van der Waals surface area contributed by atoms with Crippen molar-refractivity contribution >= 4 is 32.8 Å². The van der Waals surface area contributed by atoms with Crippen molar-refractivity contribution in [2.45, 2.75) is 11.8 Å². The molecular formula is C16H20N6O4S. The number of aromatic amines is 1. The van der Waals surface area contributed by atoms with Gasteiger partial charge in [-0.05, 0) is 25.1 Å². The van der Waals surface area contributed by atoms with E-state index in [0.717, 1.165) is 5.82 Å². The molecule has 144 valence electrons. The highest BCUT2D eigenvalue weighted by molar-refractivity contribution is 7.89. The smallest absolute Gasteiger partial charge is 0.408 e. The molecule has 0 aliphatic rings. The Kier molecular flexibility index (Phi) is 5.15. The van der Waals surface area contributed by atoms with Crippen LogP contribution in [-0.4, -0.2) is 50.6 Å². The predicted octanol–water partition coefficient (Wildman–Crippen LogP) is 0.676. The van der Waals surface area contributed by atoms with Crippen LogP contribution in [0.1, 0.15) is 5.82 Å². The molecule has 0 spiro atoms. The maximum Gasteiger partial charge on any atom is 0.417 e. The fourth-order valence-corrected chi connectivity index (χ4v) is 3.49. The lowest BCUT2D eigenvalue weighted by molar-refractivity contribution is 0.555. The molecule has 0 atom stereocenters. The number of aryl methyl sites for hydroxylation is 1. The maximum absolute atomic E-state index is 12.4. The molecule has 0 unspecified atom stereocenters. The van der Waals surface area contributed by atoms with E-state index in [9.17, 15) is 13.2 Å². The Labute approximate surface area is 155 Å². The molecule has 2 aromatic heterocycles. The maximum atomic E-state index is 12.4. The van der Waals surface area contributed by atoms with Gasteiger partial charge >= 0.3 is 5.76 Å². The number of sulfonamides is 1. The first-order valence-corrected chi connectivity index (χ1v) is 9.62. The van der Waals surface area contributed by atoms with Crippen LogP contribution in [-0.2, 0) is 10.0 Å². The molecule has 0 saturated heterocycles. The zero-order chi connectivity index (χ0) is 19.6. The van der Waals surface area contributed by atoms with Crippen molar-refractivity contribution in [1.82, 2.24) is 19.7 Å². The van der Waals surface area contributed by atoms with Crippen molar-refractivity contribution < 1.29 is 12.8 Å². The fraction of sp³-hybridized carbons (Fsp3) is 0.312. The first kappa shape index (κ1) is 18.9. The number of anilines is 2.